The highest BCUT2D eigenvalue weighted by atomic mass is 16.2. The maximum Gasteiger partial charge on any atom is 0.224 e. The average molecular weight is 342 g/mol. The van der Waals surface area contributed by atoms with Gasteiger partial charge in [0.15, 0.2) is 0 Å². The molecule has 0 unspecified atom stereocenters. The number of hydrogen-bond donors (Lipinski definition) is 0. The van der Waals surface area contributed by atoms with Gasteiger partial charge in [-0.25, -0.2) is 0 Å². The number of aryl methyl sites for hydroxylation is 3. The van der Waals surface area contributed by atoms with Crippen molar-refractivity contribution in [1.82, 2.24) is 29.5 Å². The molecule has 0 aliphatic carbocycles. The van der Waals surface area contributed by atoms with Gasteiger partial charge >= 0.3 is 0 Å². The number of hydrogen-bond acceptors (Lipinski definition) is 5. The molecule has 1 aliphatic heterocycles. The summed E-state index contributed by atoms with van der Waals surface area (Å²) in [5, 5.41) is 4.24. The summed E-state index contributed by atoms with van der Waals surface area (Å²) in [7, 11) is 0. The zero-order chi connectivity index (χ0) is 17.6. The van der Waals surface area contributed by atoms with Crippen LogP contribution in [0.2, 0.25) is 0 Å². The summed E-state index contributed by atoms with van der Waals surface area (Å²) >= 11 is 0. The Morgan fingerprint density at radius 2 is 1.96 bits per heavy atom. The Labute approximate surface area is 148 Å². The van der Waals surface area contributed by atoms with E-state index in [9.17, 15) is 4.79 Å². The molecule has 7 heteroatoms. The molecule has 1 saturated heterocycles. The molecule has 1 aliphatic rings. The van der Waals surface area contributed by atoms with Crippen LogP contribution in [0.15, 0.2) is 24.8 Å². The van der Waals surface area contributed by atoms with Crippen LogP contribution in [0.5, 0.6) is 0 Å². The number of carbonyl (C=O) groups is 1. The lowest BCUT2D eigenvalue weighted by molar-refractivity contribution is -0.131. The number of carbonyl (C=O) groups excluding carboxylic acids is 1. The smallest absolute Gasteiger partial charge is 0.224 e. The van der Waals surface area contributed by atoms with E-state index in [0.29, 0.717) is 13.0 Å². The van der Waals surface area contributed by atoms with E-state index >= 15 is 0 Å². The first kappa shape index (κ1) is 17.5. The third-order valence-electron chi connectivity index (χ3n) is 4.48. The third-order valence-corrected chi connectivity index (χ3v) is 4.48. The molecule has 0 radical (unpaired) electrons. The molecule has 0 bridgehead atoms. The molecule has 0 spiro atoms. The fourth-order valence-corrected chi connectivity index (χ4v) is 3.07. The molecule has 0 aromatic carbocycles. The van der Waals surface area contributed by atoms with Crippen LogP contribution in [0.1, 0.15) is 29.8 Å². The number of rotatable bonds is 5. The second-order valence-corrected chi connectivity index (χ2v) is 6.69. The molecule has 7 nitrogen and oxygen atoms in total. The van der Waals surface area contributed by atoms with Crippen molar-refractivity contribution in [3.63, 3.8) is 0 Å². The molecule has 1 amide bonds. The molecule has 0 saturated carbocycles. The van der Waals surface area contributed by atoms with Crippen molar-refractivity contribution in [3.8, 4) is 0 Å². The van der Waals surface area contributed by atoms with E-state index in [-0.39, 0.29) is 5.91 Å². The van der Waals surface area contributed by atoms with E-state index in [0.717, 1.165) is 56.1 Å². The minimum Gasteiger partial charge on any atom is -0.341 e. The minimum absolute atomic E-state index is 0.213. The summed E-state index contributed by atoms with van der Waals surface area (Å²) in [5.74, 6) is 0.213. The minimum atomic E-state index is 0.213. The fraction of sp³-hybridized carbons (Fsp3) is 0.556. The maximum atomic E-state index is 12.5. The summed E-state index contributed by atoms with van der Waals surface area (Å²) < 4.78 is 1.84. The molecular formula is C18H26N6O. The zero-order valence-electron chi connectivity index (χ0n) is 15.1. The Bertz CT molecular complexity index is 696. The Kier molecular flexibility index (Phi) is 5.75. The summed E-state index contributed by atoms with van der Waals surface area (Å²) in [5.41, 5.74) is 3.04. The molecule has 25 heavy (non-hydrogen) atoms. The van der Waals surface area contributed by atoms with Crippen LogP contribution in [0.4, 0.5) is 0 Å². The van der Waals surface area contributed by atoms with E-state index in [1.54, 1.807) is 6.20 Å². The van der Waals surface area contributed by atoms with E-state index < -0.39 is 0 Å². The highest BCUT2D eigenvalue weighted by Crippen LogP contribution is 2.09. The third kappa shape index (κ3) is 5.09. The summed E-state index contributed by atoms with van der Waals surface area (Å²) in [6, 6.07) is 0. The lowest BCUT2D eigenvalue weighted by Crippen LogP contribution is -2.35. The fourth-order valence-electron chi connectivity index (χ4n) is 3.07. The van der Waals surface area contributed by atoms with E-state index in [4.69, 9.17) is 0 Å². The van der Waals surface area contributed by atoms with Gasteiger partial charge in [-0.3, -0.25) is 24.3 Å². The summed E-state index contributed by atoms with van der Waals surface area (Å²) in [6.07, 6.45) is 8.94. The number of aromatic nitrogens is 4. The van der Waals surface area contributed by atoms with Gasteiger partial charge in [0.2, 0.25) is 5.91 Å². The first-order valence-electron chi connectivity index (χ1n) is 8.87. The molecule has 134 valence electrons. The first-order valence-corrected chi connectivity index (χ1v) is 8.87. The summed E-state index contributed by atoms with van der Waals surface area (Å²) in [6.45, 7) is 8.85. The van der Waals surface area contributed by atoms with Gasteiger partial charge < -0.3 is 4.90 Å². The van der Waals surface area contributed by atoms with Crippen LogP contribution >= 0.6 is 0 Å². The largest absolute Gasteiger partial charge is 0.341 e. The van der Waals surface area contributed by atoms with Crippen LogP contribution in [0, 0.1) is 13.8 Å². The van der Waals surface area contributed by atoms with Gasteiger partial charge in [-0.15, -0.1) is 0 Å². The van der Waals surface area contributed by atoms with Gasteiger partial charge in [-0.2, -0.15) is 5.10 Å². The van der Waals surface area contributed by atoms with Gasteiger partial charge in [0, 0.05) is 64.3 Å². The van der Waals surface area contributed by atoms with Gasteiger partial charge in [0.25, 0.3) is 0 Å². The lowest BCUT2D eigenvalue weighted by atomic mass is 10.3. The highest BCUT2D eigenvalue weighted by molar-refractivity contribution is 5.76. The molecular weight excluding hydrogens is 316 g/mol. The second kappa shape index (κ2) is 8.20. The van der Waals surface area contributed by atoms with E-state index in [1.165, 1.54) is 0 Å². The Morgan fingerprint density at radius 1 is 1.08 bits per heavy atom. The van der Waals surface area contributed by atoms with Crippen LogP contribution in [0.25, 0.3) is 0 Å². The van der Waals surface area contributed by atoms with Gasteiger partial charge in [0.1, 0.15) is 0 Å². The molecule has 2 aromatic heterocycles. The topological polar surface area (TPSA) is 67.2 Å². The SMILES string of the molecule is Cc1cnn(CCC(=O)N2CCCN(Cc3cnc(C)cn3)CC2)c1. The first-order chi connectivity index (χ1) is 12.1. The molecule has 3 heterocycles. The molecule has 2 aromatic rings. The zero-order valence-corrected chi connectivity index (χ0v) is 15.1. The molecule has 0 atom stereocenters. The maximum absolute atomic E-state index is 12.5. The Hall–Kier alpha value is -2.28. The van der Waals surface area contributed by atoms with Crippen molar-refractivity contribution in [1.29, 1.82) is 0 Å². The summed E-state index contributed by atoms with van der Waals surface area (Å²) in [4.78, 5) is 25.5. The lowest BCUT2D eigenvalue weighted by Gasteiger charge is -2.22. The van der Waals surface area contributed by atoms with Crippen LogP contribution in [-0.2, 0) is 17.9 Å². The van der Waals surface area contributed by atoms with Crippen LogP contribution in [-0.4, -0.2) is 61.6 Å². The normalized spacial score (nSPS) is 16.0. The van der Waals surface area contributed by atoms with E-state index in [2.05, 4.69) is 20.0 Å². The predicted molar refractivity (Wildman–Crippen MR) is 94.8 cm³/mol. The molecule has 0 N–H and O–H groups in total. The molecule has 1 fully saturated rings. The second-order valence-electron chi connectivity index (χ2n) is 6.69. The van der Waals surface area contributed by atoms with Crippen molar-refractivity contribution in [2.45, 2.75) is 39.8 Å². The standard InChI is InChI=1S/C18H26N6O/c1-15-10-21-24(13-15)7-4-18(25)23-6-3-5-22(8-9-23)14-17-12-19-16(2)11-20-17/h10-13H,3-9,14H2,1-2H3. The number of nitrogens with zero attached hydrogens (tertiary/aromatic N) is 6. The quantitative estimate of drug-likeness (QED) is 0.822. The van der Waals surface area contributed by atoms with E-state index in [1.807, 2.05) is 42.0 Å². The van der Waals surface area contributed by atoms with Crippen LogP contribution < -0.4 is 0 Å². The van der Waals surface area contributed by atoms with Crippen molar-refractivity contribution in [3.05, 3.63) is 41.7 Å². The monoisotopic (exact) mass is 342 g/mol. The van der Waals surface area contributed by atoms with Crippen molar-refractivity contribution in [2.75, 3.05) is 26.2 Å². The van der Waals surface area contributed by atoms with Crippen molar-refractivity contribution >= 4 is 5.91 Å². The van der Waals surface area contributed by atoms with Gasteiger partial charge in [-0.05, 0) is 25.8 Å². The van der Waals surface area contributed by atoms with Gasteiger partial charge in [0.05, 0.1) is 17.6 Å². The Morgan fingerprint density at radius 3 is 2.68 bits per heavy atom. The number of amides is 1. The van der Waals surface area contributed by atoms with Gasteiger partial charge in [-0.1, -0.05) is 0 Å². The Balaban J connectivity index is 1.47. The average Bonchev–Trinajstić information content (AvgIpc) is 2.88. The van der Waals surface area contributed by atoms with Crippen molar-refractivity contribution in [2.24, 2.45) is 0 Å². The highest BCUT2D eigenvalue weighted by Gasteiger charge is 2.19. The molecule has 3 rings (SSSR count). The predicted octanol–water partition coefficient (Wildman–Crippen LogP) is 1.41. The van der Waals surface area contributed by atoms with Crippen LogP contribution in [0.3, 0.4) is 0 Å². The van der Waals surface area contributed by atoms with Crippen molar-refractivity contribution < 1.29 is 4.79 Å².